The molecule has 0 aliphatic rings. The van der Waals surface area contributed by atoms with Crippen molar-refractivity contribution in [1.82, 2.24) is 0 Å². The van der Waals surface area contributed by atoms with Gasteiger partial charge in [0.1, 0.15) is 5.78 Å². The minimum absolute atomic E-state index is 0. The highest BCUT2D eigenvalue weighted by molar-refractivity contribution is 5.78. The molecule has 0 atom stereocenters. The quantitative estimate of drug-likeness (QED) is 0.718. The molecule has 0 aliphatic heterocycles. The summed E-state index contributed by atoms with van der Waals surface area (Å²) in [6.07, 6.45) is 1.98. The largest absolute Gasteiger partial charge is 0.384 e. The Morgan fingerprint density at radius 1 is 1.27 bits per heavy atom. The molecular formula is C13H20O2. The Hall–Kier alpha value is -1.15. The number of rotatable bonds is 6. The van der Waals surface area contributed by atoms with Crippen LogP contribution in [0, 0.1) is 6.92 Å². The molecule has 0 aromatic heterocycles. The standard InChI is InChI=1S/C13H18O2.H2/c1-11-3-5-12(6-4-11)7-8-13(14)9-10-15-2;/h3-6H,7-10H2,1-2H3;1H. The maximum atomic E-state index is 11.4. The number of hydrogen-bond acceptors (Lipinski definition) is 2. The first-order valence-electron chi connectivity index (χ1n) is 5.28. The Labute approximate surface area is 92.7 Å². The predicted octanol–water partition coefficient (Wildman–Crippen LogP) is 2.78. The molecular weight excluding hydrogens is 188 g/mol. The van der Waals surface area contributed by atoms with E-state index < -0.39 is 0 Å². The summed E-state index contributed by atoms with van der Waals surface area (Å²) >= 11 is 0. The molecule has 0 unspecified atom stereocenters. The van der Waals surface area contributed by atoms with Crippen molar-refractivity contribution in [2.24, 2.45) is 0 Å². The van der Waals surface area contributed by atoms with Crippen LogP contribution in [0.3, 0.4) is 0 Å². The summed E-state index contributed by atoms with van der Waals surface area (Å²) in [7, 11) is 1.62. The van der Waals surface area contributed by atoms with E-state index in [-0.39, 0.29) is 7.21 Å². The maximum Gasteiger partial charge on any atom is 0.135 e. The minimum Gasteiger partial charge on any atom is -0.384 e. The third kappa shape index (κ3) is 4.75. The van der Waals surface area contributed by atoms with Gasteiger partial charge in [0.2, 0.25) is 0 Å². The summed E-state index contributed by atoms with van der Waals surface area (Å²) < 4.78 is 4.86. The lowest BCUT2D eigenvalue weighted by Crippen LogP contribution is -2.03. The van der Waals surface area contributed by atoms with Crippen LogP contribution < -0.4 is 0 Å². The van der Waals surface area contributed by atoms with Gasteiger partial charge in [0, 0.05) is 21.4 Å². The normalized spacial score (nSPS) is 10.3. The monoisotopic (exact) mass is 208 g/mol. The van der Waals surface area contributed by atoms with Crippen LogP contribution in [-0.2, 0) is 16.0 Å². The molecule has 1 rings (SSSR count). The summed E-state index contributed by atoms with van der Waals surface area (Å²) in [6.45, 7) is 2.60. The SMILES string of the molecule is COCCC(=O)CCc1ccc(C)cc1.[HH]. The van der Waals surface area contributed by atoms with Crippen molar-refractivity contribution in [1.29, 1.82) is 0 Å². The van der Waals surface area contributed by atoms with Gasteiger partial charge in [0.15, 0.2) is 0 Å². The van der Waals surface area contributed by atoms with Crippen LogP contribution in [-0.4, -0.2) is 19.5 Å². The molecule has 2 nitrogen and oxygen atoms in total. The highest BCUT2D eigenvalue weighted by Crippen LogP contribution is 2.06. The van der Waals surface area contributed by atoms with Gasteiger partial charge in [0.05, 0.1) is 6.61 Å². The van der Waals surface area contributed by atoms with Crippen LogP contribution in [0.2, 0.25) is 0 Å². The lowest BCUT2D eigenvalue weighted by Gasteiger charge is -2.01. The van der Waals surface area contributed by atoms with Crippen LogP contribution in [0.25, 0.3) is 0 Å². The first-order chi connectivity index (χ1) is 7.22. The van der Waals surface area contributed by atoms with Gasteiger partial charge in [-0.1, -0.05) is 29.8 Å². The van der Waals surface area contributed by atoms with Gasteiger partial charge in [-0.05, 0) is 18.9 Å². The molecule has 2 heteroatoms. The van der Waals surface area contributed by atoms with E-state index in [1.165, 1.54) is 11.1 Å². The fourth-order valence-corrected chi connectivity index (χ4v) is 1.38. The number of methoxy groups -OCH3 is 1. The van der Waals surface area contributed by atoms with E-state index >= 15 is 0 Å². The first-order valence-corrected chi connectivity index (χ1v) is 5.28. The highest BCUT2D eigenvalue weighted by Gasteiger charge is 2.02. The Bertz CT molecular complexity index is 306. The van der Waals surface area contributed by atoms with E-state index in [4.69, 9.17) is 4.74 Å². The average Bonchev–Trinajstić information content (AvgIpc) is 2.25. The molecule has 1 aromatic carbocycles. The second-order valence-electron chi connectivity index (χ2n) is 3.77. The number of ether oxygens (including phenoxy) is 1. The first kappa shape index (κ1) is 11.9. The summed E-state index contributed by atoms with van der Waals surface area (Å²) in [4.78, 5) is 11.4. The van der Waals surface area contributed by atoms with Gasteiger partial charge in [-0.25, -0.2) is 0 Å². The van der Waals surface area contributed by atoms with Crippen LogP contribution in [0.1, 0.15) is 25.4 Å². The van der Waals surface area contributed by atoms with Gasteiger partial charge in [0.25, 0.3) is 0 Å². The molecule has 0 bridgehead atoms. The fourth-order valence-electron chi connectivity index (χ4n) is 1.38. The Morgan fingerprint density at radius 3 is 2.53 bits per heavy atom. The lowest BCUT2D eigenvalue weighted by molar-refractivity contribution is -0.119. The van der Waals surface area contributed by atoms with E-state index in [2.05, 4.69) is 31.2 Å². The molecule has 84 valence electrons. The molecule has 0 saturated heterocycles. The average molecular weight is 208 g/mol. The lowest BCUT2D eigenvalue weighted by atomic mass is 10.1. The Morgan fingerprint density at radius 2 is 1.93 bits per heavy atom. The number of carbonyl (C=O) groups excluding carboxylic acids is 1. The molecule has 1 aromatic rings. The number of hydrogen-bond donors (Lipinski definition) is 0. The van der Waals surface area contributed by atoms with Crippen LogP contribution in [0.5, 0.6) is 0 Å². The Balaban J connectivity index is 0.00000225. The molecule has 0 N–H and O–H groups in total. The molecule has 0 heterocycles. The van der Waals surface area contributed by atoms with Gasteiger partial charge in [-0.2, -0.15) is 0 Å². The van der Waals surface area contributed by atoms with Crippen molar-refractivity contribution >= 4 is 5.78 Å². The molecule has 0 fully saturated rings. The van der Waals surface area contributed by atoms with Gasteiger partial charge in [-0.3, -0.25) is 4.79 Å². The van der Waals surface area contributed by atoms with Crippen molar-refractivity contribution < 1.29 is 11.0 Å². The number of aryl methyl sites for hydroxylation is 2. The van der Waals surface area contributed by atoms with Gasteiger partial charge < -0.3 is 4.74 Å². The smallest absolute Gasteiger partial charge is 0.135 e. The molecule has 0 saturated carbocycles. The second kappa shape index (κ2) is 6.36. The topological polar surface area (TPSA) is 26.3 Å². The number of benzene rings is 1. The van der Waals surface area contributed by atoms with Crippen LogP contribution >= 0.6 is 0 Å². The van der Waals surface area contributed by atoms with E-state index in [1.54, 1.807) is 7.11 Å². The number of carbonyl (C=O) groups is 1. The van der Waals surface area contributed by atoms with Crippen LogP contribution in [0.4, 0.5) is 0 Å². The van der Waals surface area contributed by atoms with Crippen molar-refractivity contribution in [3.8, 4) is 0 Å². The summed E-state index contributed by atoms with van der Waals surface area (Å²) in [5.41, 5.74) is 2.48. The number of Topliss-reactive ketones (excluding diaryl/α,β-unsaturated/α-hetero) is 1. The molecule has 15 heavy (non-hydrogen) atoms. The molecule has 0 radical (unpaired) electrons. The van der Waals surface area contributed by atoms with E-state index in [0.29, 0.717) is 19.4 Å². The zero-order valence-electron chi connectivity index (χ0n) is 9.45. The second-order valence-corrected chi connectivity index (χ2v) is 3.77. The van der Waals surface area contributed by atoms with Crippen molar-refractivity contribution in [3.63, 3.8) is 0 Å². The zero-order chi connectivity index (χ0) is 11.1. The fraction of sp³-hybridized carbons (Fsp3) is 0.462. The van der Waals surface area contributed by atoms with E-state index in [0.717, 1.165) is 6.42 Å². The van der Waals surface area contributed by atoms with Crippen molar-refractivity contribution in [3.05, 3.63) is 35.4 Å². The van der Waals surface area contributed by atoms with Crippen molar-refractivity contribution in [2.45, 2.75) is 26.2 Å². The molecule has 0 amide bonds. The number of ketones is 1. The van der Waals surface area contributed by atoms with E-state index in [9.17, 15) is 4.79 Å². The van der Waals surface area contributed by atoms with Crippen molar-refractivity contribution in [2.75, 3.05) is 13.7 Å². The highest BCUT2D eigenvalue weighted by atomic mass is 16.5. The summed E-state index contributed by atoms with van der Waals surface area (Å²) in [6, 6.07) is 8.32. The maximum absolute atomic E-state index is 11.4. The molecule has 0 aliphatic carbocycles. The van der Waals surface area contributed by atoms with E-state index in [1.807, 2.05) is 0 Å². The zero-order valence-corrected chi connectivity index (χ0v) is 9.45. The predicted molar refractivity (Wildman–Crippen MR) is 63.1 cm³/mol. The third-order valence-electron chi connectivity index (χ3n) is 2.40. The van der Waals surface area contributed by atoms with Gasteiger partial charge >= 0.3 is 0 Å². The Kier molecular flexibility index (Phi) is 5.05. The molecule has 0 spiro atoms. The van der Waals surface area contributed by atoms with Crippen LogP contribution in [0.15, 0.2) is 24.3 Å². The minimum atomic E-state index is 0. The summed E-state index contributed by atoms with van der Waals surface area (Å²) in [5, 5.41) is 0. The summed E-state index contributed by atoms with van der Waals surface area (Å²) in [5.74, 6) is 0.275. The van der Waals surface area contributed by atoms with Gasteiger partial charge in [-0.15, -0.1) is 0 Å². The third-order valence-corrected chi connectivity index (χ3v) is 2.40.